The Morgan fingerprint density at radius 2 is 1.83 bits per heavy atom. The Labute approximate surface area is 209 Å². The number of rotatable bonds is 10. The standard InChI is InChI=1S/C26H34N6O2S/c1-3-27-26-30-23(18-24(31-26)32-15-7-8-16-32)29-22(17-19-9-5-4-6-10-19)25(33)28-20-11-13-21(14-12-20)35(2)34/h7-8,11-16,18-19,22H,3-6,9-10,17H2,1-2H3,(H,28,33)(H2,27,29,30,31)/t22-,35?/m1/s1. The third-order valence-corrected chi connectivity index (χ3v) is 7.24. The number of aromatic nitrogens is 3. The number of carbonyl (C=O) groups excluding carboxylic acids is 1. The van der Waals surface area contributed by atoms with Crippen LogP contribution >= 0.6 is 0 Å². The van der Waals surface area contributed by atoms with Crippen LogP contribution in [0.2, 0.25) is 0 Å². The van der Waals surface area contributed by atoms with Crippen LogP contribution in [0.3, 0.4) is 0 Å². The predicted octanol–water partition coefficient (Wildman–Crippen LogP) is 4.83. The summed E-state index contributed by atoms with van der Waals surface area (Å²) in [6.07, 6.45) is 12.2. The highest BCUT2D eigenvalue weighted by Gasteiger charge is 2.25. The fraction of sp³-hybridized carbons (Fsp3) is 0.423. The molecular formula is C26H34N6O2S. The van der Waals surface area contributed by atoms with E-state index in [9.17, 15) is 9.00 Å². The smallest absolute Gasteiger partial charge is 0.246 e. The maximum absolute atomic E-state index is 13.4. The number of amides is 1. The van der Waals surface area contributed by atoms with Gasteiger partial charge in [-0.3, -0.25) is 9.00 Å². The van der Waals surface area contributed by atoms with E-state index in [-0.39, 0.29) is 5.91 Å². The Kier molecular flexibility index (Phi) is 8.52. The van der Waals surface area contributed by atoms with Crippen molar-refractivity contribution in [3.8, 4) is 5.82 Å². The minimum absolute atomic E-state index is 0.105. The van der Waals surface area contributed by atoms with E-state index in [2.05, 4.69) is 25.9 Å². The van der Waals surface area contributed by atoms with Crippen molar-refractivity contribution in [2.45, 2.75) is 56.4 Å². The number of nitrogens with zero attached hydrogens (tertiary/aromatic N) is 3. The number of nitrogens with one attached hydrogen (secondary N) is 3. The number of hydrogen-bond acceptors (Lipinski definition) is 6. The maximum atomic E-state index is 13.4. The monoisotopic (exact) mass is 494 g/mol. The second kappa shape index (κ2) is 12.0. The van der Waals surface area contributed by atoms with Crippen LogP contribution in [0.5, 0.6) is 0 Å². The van der Waals surface area contributed by atoms with Gasteiger partial charge in [0.2, 0.25) is 11.9 Å². The number of hydrogen-bond donors (Lipinski definition) is 3. The summed E-state index contributed by atoms with van der Waals surface area (Å²) in [6.45, 7) is 2.69. The summed E-state index contributed by atoms with van der Waals surface area (Å²) < 4.78 is 13.6. The molecule has 0 bridgehead atoms. The largest absolute Gasteiger partial charge is 0.358 e. The lowest BCUT2D eigenvalue weighted by Crippen LogP contribution is -2.37. The Morgan fingerprint density at radius 3 is 2.49 bits per heavy atom. The van der Waals surface area contributed by atoms with Crippen molar-refractivity contribution in [1.82, 2.24) is 14.5 Å². The van der Waals surface area contributed by atoms with Crippen LogP contribution in [0.25, 0.3) is 5.82 Å². The maximum Gasteiger partial charge on any atom is 0.246 e. The Bertz CT molecular complexity index is 1130. The molecule has 1 amide bonds. The van der Waals surface area contributed by atoms with Gasteiger partial charge in [-0.15, -0.1) is 0 Å². The van der Waals surface area contributed by atoms with Crippen molar-refractivity contribution in [2.24, 2.45) is 5.92 Å². The lowest BCUT2D eigenvalue weighted by atomic mass is 9.84. The molecule has 3 aromatic rings. The zero-order valence-corrected chi connectivity index (χ0v) is 21.2. The molecule has 1 fully saturated rings. The topological polar surface area (TPSA) is 101 Å². The minimum atomic E-state index is -1.06. The average Bonchev–Trinajstić information content (AvgIpc) is 3.40. The van der Waals surface area contributed by atoms with Crippen LogP contribution in [0.1, 0.15) is 45.4 Å². The molecule has 4 rings (SSSR count). The van der Waals surface area contributed by atoms with Gasteiger partial charge in [0, 0.05) is 52.6 Å². The van der Waals surface area contributed by atoms with Crippen LogP contribution in [-0.2, 0) is 15.6 Å². The molecule has 2 atom stereocenters. The van der Waals surface area contributed by atoms with E-state index in [1.54, 1.807) is 30.5 Å². The second-order valence-electron chi connectivity index (χ2n) is 8.96. The first-order valence-corrected chi connectivity index (χ1v) is 13.8. The summed E-state index contributed by atoms with van der Waals surface area (Å²) in [6, 6.07) is 12.5. The molecule has 1 aromatic carbocycles. The van der Waals surface area contributed by atoms with Crippen molar-refractivity contribution < 1.29 is 9.00 Å². The SMILES string of the molecule is CCNc1nc(N[C@H](CC2CCCCC2)C(=O)Nc2ccc(S(C)=O)cc2)cc(-n2cccc2)n1. The van der Waals surface area contributed by atoms with Gasteiger partial charge >= 0.3 is 0 Å². The Morgan fingerprint density at radius 1 is 1.11 bits per heavy atom. The van der Waals surface area contributed by atoms with Crippen molar-refractivity contribution in [1.29, 1.82) is 0 Å². The number of carbonyl (C=O) groups is 1. The minimum Gasteiger partial charge on any atom is -0.358 e. The molecule has 1 unspecified atom stereocenters. The van der Waals surface area contributed by atoms with Gasteiger partial charge in [0.05, 0.1) is 0 Å². The normalized spacial score (nSPS) is 15.8. The van der Waals surface area contributed by atoms with Gasteiger partial charge in [0.25, 0.3) is 0 Å². The molecule has 1 aliphatic carbocycles. The molecule has 9 heteroatoms. The first kappa shape index (κ1) is 24.9. The molecule has 186 valence electrons. The average molecular weight is 495 g/mol. The molecular weight excluding hydrogens is 460 g/mol. The van der Waals surface area contributed by atoms with Gasteiger partial charge in [-0.05, 0) is 55.7 Å². The summed E-state index contributed by atoms with van der Waals surface area (Å²) in [5.41, 5.74) is 0.684. The lowest BCUT2D eigenvalue weighted by molar-refractivity contribution is -0.117. The van der Waals surface area contributed by atoms with E-state index >= 15 is 0 Å². The molecule has 0 saturated heterocycles. The van der Waals surface area contributed by atoms with Crippen LogP contribution in [0.15, 0.2) is 59.8 Å². The summed E-state index contributed by atoms with van der Waals surface area (Å²) in [5, 5.41) is 9.63. The zero-order valence-electron chi connectivity index (χ0n) is 20.4. The van der Waals surface area contributed by atoms with Gasteiger partial charge in [-0.1, -0.05) is 32.1 Å². The van der Waals surface area contributed by atoms with Crippen molar-refractivity contribution in [3.63, 3.8) is 0 Å². The second-order valence-corrected chi connectivity index (χ2v) is 10.3. The molecule has 0 spiro atoms. The molecule has 2 heterocycles. The quantitative estimate of drug-likeness (QED) is 0.373. The highest BCUT2D eigenvalue weighted by atomic mass is 32.2. The summed E-state index contributed by atoms with van der Waals surface area (Å²) >= 11 is 0. The Balaban J connectivity index is 1.57. The first-order valence-electron chi connectivity index (χ1n) is 12.3. The third-order valence-electron chi connectivity index (χ3n) is 6.30. The van der Waals surface area contributed by atoms with E-state index in [4.69, 9.17) is 0 Å². The van der Waals surface area contributed by atoms with Gasteiger partial charge in [-0.2, -0.15) is 9.97 Å². The number of anilines is 3. The van der Waals surface area contributed by atoms with E-state index < -0.39 is 16.8 Å². The van der Waals surface area contributed by atoms with Crippen LogP contribution in [0.4, 0.5) is 17.5 Å². The highest BCUT2D eigenvalue weighted by Crippen LogP contribution is 2.29. The van der Waals surface area contributed by atoms with E-state index in [0.717, 1.165) is 30.0 Å². The Hall–Kier alpha value is -3.20. The van der Waals surface area contributed by atoms with Crippen LogP contribution in [-0.4, -0.2) is 43.5 Å². The molecule has 0 aliphatic heterocycles. The van der Waals surface area contributed by atoms with Gasteiger partial charge in [0.1, 0.15) is 17.7 Å². The summed E-state index contributed by atoms with van der Waals surface area (Å²) in [5.74, 6) is 2.24. The molecule has 2 aromatic heterocycles. The first-order chi connectivity index (χ1) is 17.0. The number of benzene rings is 1. The summed E-state index contributed by atoms with van der Waals surface area (Å²) in [7, 11) is -1.06. The van der Waals surface area contributed by atoms with Gasteiger partial charge in [-0.25, -0.2) is 0 Å². The molecule has 0 radical (unpaired) electrons. The highest BCUT2D eigenvalue weighted by molar-refractivity contribution is 7.84. The van der Waals surface area contributed by atoms with Crippen molar-refractivity contribution >= 4 is 34.2 Å². The van der Waals surface area contributed by atoms with Gasteiger partial charge in [0.15, 0.2) is 0 Å². The molecule has 1 saturated carbocycles. The zero-order chi connectivity index (χ0) is 24.6. The van der Waals surface area contributed by atoms with Crippen LogP contribution < -0.4 is 16.0 Å². The van der Waals surface area contributed by atoms with Crippen LogP contribution in [0, 0.1) is 5.92 Å². The van der Waals surface area contributed by atoms with Crippen molar-refractivity contribution in [3.05, 3.63) is 54.9 Å². The fourth-order valence-corrected chi connectivity index (χ4v) is 5.01. The predicted molar refractivity (Wildman–Crippen MR) is 142 cm³/mol. The molecule has 1 aliphatic rings. The molecule has 3 N–H and O–H groups in total. The lowest BCUT2D eigenvalue weighted by Gasteiger charge is -2.27. The van der Waals surface area contributed by atoms with E-state index in [0.29, 0.717) is 29.9 Å². The van der Waals surface area contributed by atoms with Gasteiger partial charge < -0.3 is 20.5 Å². The third kappa shape index (κ3) is 6.91. The fourth-order valence-electron chi connectivity index (χ4n) is 4.49. The summed E-state index contributed by atoms with van der Waals surface area (Å²) in [4.78, 5) is 23.4. The van der Waals surface area contributed by atoms with E-state index in [1.165, 1.54) is 19.3 Å². The van der Waals surface area contributed by atoms with Crippen molar-refractivity contribution in [2.75, 3.05) is 28.8 Å². The van der Waals surface area contributed by atoms with E-state index in [1.807, 2.05) is 42.1 Å². The molecule has 35 heavy (non-hydrogen) atoms. The molecule has 8 nitrogen and oxygen atoms in total.